The first-order chi connectivity index (χ1) is 20.1. The van der Waals surface area contributed by atoms with E-state index in [0.717, 1.165) is 47.8 Å². The lowest BCUT2D eigenvalue weighted by Gasteiger charge is -2.36. The number of rotatable bonds is 13. The van der Waals surface area contributed by atoms with Crippen molar-refractivity contribution in [1.29, 1.82) is 0 Å². The van der Waals surface area contributed by atoms with Gasteiger partial charge in [-0.15, -0.1) is 0 Å². The van der Waals surface area contributed by atoms with Gasteiger partial charge >= 0.3 is 0 Å². The third-order valence-corrected chi connectivity index (χ3v) is 7.66. The van der Waals surface area contributed by atoms with Crippen molar-refractivity contribution < 1.29 is 14.2 Å². The number of piperidine rings is 1. The van der Waals surface area contributed by atoms with Gasteiger partial charge in [0.05, 0.1) is 37.6 Å². The second-order valence-electron chi connectivity index (χ2n) is 10.3. The SMILES string of the molecule is CCN(CCCOc1ccc(OC)c(Nc2nc(Nc3ccccc3OC)c3cc[nH]c3n2)c1)C1CCN(C)CC1. The van der Waals surface area contributed by atoms with Crippen molar-refractivity contribution in [3.05, 3.63) is 54.7 Å². The molecule has 0 unspecified atom stereocenters. The maximum atomic E-state index is 6.17. The Hall–Kier alpha value is -4.02. The first-order valence-electron chi connectivity index (χ1n) is 14.3. The molecule has 5 rings (SSSR count). The van der Waals surface area contributed by atoms with Crippen LogP contribution in [0.2, 0.25) is 0 Å². The Morgan fingerprint density at radius 2 is 1.76 bits per heavy atom. The summed E-state index contributed by atoms with van der Waals surface area (Å²) in [6.07, 6.45) is 5.30. The van der Waals surface area contributed by atoms with E-state index in [4.69, 9.17) is 19.2 Å². The summed E-state index contributed by atoms with van der Waals surface area (Å²) in [5.41, 5.74) is 2.24. The summed E-state index contributed by atoms with van der Waals surface area (Å²) >= 11 is 0. The van der Waals surface area contributed by atoms with Crippen LogP contribution in [0, 0.1) is 0 Å². The van der Waals surface area contributed by atoms with Crippen molar-refractivity contribution in [3.63, 3.8) is 0 Å². The number of hydrogen-bond donors (Lipinski definition) is 3. The molecular formula is C31H41N7O3. The lowest BCUT2D eigenvalue weighted by molar-refractivity contribution is 0.119. The number of fused-ring (bicyclic) bond motifs is 1. The second kappa shape index (κ2) is 13.6. The van der Waals surface area contributed by atoms with Crippen molar-refractivity contribution >= 4 is 34.2 Å². The monoisotopic (exact) mass is 559 g/mol. The first-order valence-corrected chi connectivity index (χ1v) is 14.3. The number of aromatic nitrogens is 3. The van der Waals surface area contributed by atoms with Crippen LogP contribution in [0.1, 0.15) is 26.2 Å². The lowest BCUT2D eigenvalue weighted by Crippen LogP contribution is -2.44. The first kappa shape index (κ1) is 28.5. The van der Waals surface area contributed by atoms with Crippen LogP contribution in [0.3, 0.4) is 0 Å². The molecule has 218 valence electrons. The molecule has 1 fully saturated rings. The van der Waals surface area contributed by atoms with E-state index in [0.29, 0.717) is 35.8 Å². The van der Waals surface area contributed by atoms with Gasteiger partial charge in [0, 0.05) is 24.8 Å². The fourth-order valence-electron chi connectivity index (χ4n) is 5.38. The summed E-state index contributed by atoms with van der Waals surface area (Å²) < 4.78 is 17.3. The van der Waals surface area contributed by atoms with Crippen LogP contribution in [-0.2, 0) is 0 Å². The minimum Gasteiger partial charge on any atom is -0.495 e. The number of H-pyrrole nitrogens is 1. The zero-order valence-corrected chi connectivity index (χ0v) is 24.4. The van der Waals surface area contributed by atoms with Gasteiger partial charge in [0.15, 0.2) is 0 Å². The van der Waals surface area contributed by atoms with Crippen LogP contribution in [0.25, 0.3) is 11.0 Å². The summed E-state index contributed by atoms with van der Waals surface area (Å²) in [6.45, 7) is 7.37. The van der Waals surface area contributed by atoms with Crippen molar-refractivity contribution in [2.24, 2.45) is 0 Å². The summed E-state index contributed by atoms with van der Waals surface area (Å²) in [4.78, 5) is 17.7. The van der Waals surface area contributed by atoms with Gasteiger partial charge in [0.25, 0.3) is 0 Å². The molecule has 0 aliphatic carbocycles. The zero-order valence-electron chi connectivity index (χ0n) is 24.4. The minimum atomic E-state index is 0.421. The van der Waals surface area contributed by atoms with Gasteiger partial charge in [-0.3, -0.25) is 0 Å². The summed E-state index contributed by atoms with van der Waals surface area (Å²) in [7, 11) is 5.50. The number of nitrogens with one attached hydrogen (secondary N) is 3. The highest BCUT2D eigenvalue weighted by Crippen LogP contribution is 2.34. The normalized spacial score (nSPS) is 14.4. The fraction of sp³-hybridized carbons (Fsp3) is 0.419. The van der Waals surface area contributed by atoms with Gasteiger partial charge in [-0.25, -0.2) is 0 Å². The van der Waals surface area contributed by atoms with Crippen LogP contribution >= 0.6 is 0 Å². The standard InChI is InChI=1S/C31H41N7O3/c1-5-38(22-14-18-37(2)19-15-22)17-8-20-41-23-11-12-28(40-4)26(21-23)34-31-35-29-24(13-16-32-29)30(36-31)33-25-9-6-7-10-27(25)39-3/h6-7,9-13,16,21-22H,5,8,14-15,17-20H2,1-4H3,(H3,32,33,34,35,36). The highest BCUT2D eigenvalue weighted by Gasteiger charge is 2.21. The maximum absolute atomic E-state index is 6.17. The molecule has 10 nitrogen and oxygen atoms in total. The maximum Gasteiger partial charge on any atom is 0.231 e. The predicted molar refractivity (Wildman–Crippen MR) is 164 cm³/mol. The Morgan fingerprint density at radius 3 is 2.54 bits per heavy atom. The molecule has 1 saturated heterocycles. The van der Waals surface area contributed by atoms with E-state index in [9.17, 15) is 0 Å². The van der Waals surface area contributed by atoms with E-state index in [1.54, 1.807) is 14.2 Å². The number of ether oxygens (including phenoxy) is 3. The average Bonchev–Trinajstić information content (AvgIpc) is 3.47. The molecule has 2 aromatic heterocycles. The Morgan fingerprint density at radius 1 is 0.976 bits per heavy atom. The van der Waals surface area contributed by atoms with Crippen LogP contribution in [0.5, 0.6) is 17.2 Å². The van der Waals surface area contributed by atoms with E-state index in [-0.39, 0.29) is 0 Å². The van der Waals surface area contributed by atoms with Crippen LogP contribution in [-0.4, -0.2) is 84.8 Å². The Labute approximate surface area is 242 Å². The molecule has 1 aliphatic rings. The van der Waals surface area contributed by atoms with Gasteiger partial charge in [0.2, 0.25) is 5.95 Å². The Balaban J connectivity index is 1.26. The Bertz CT molecular complexity index is 1420. The minimum absolute atomic E-state index is 0.421. The van der Waals surface area contributed by atoms with E-state index in [1.165, 1.54) is 25.9 Å². The van der Waals surface area contributed by atoms with Crippen LogP contribution in [0.15, 0.2) is 54.7 Å². The van der Waals surface area contributed by atoms with Gasteiger partial charge in [-0.1, -0.05) is 19.1 Å². The largest absolute Gasteiger partial charge is 0.495 e. The molecule has 0 radical (unpaired) electrons. The topological polar surface area (TPSA) is 99.8 Å². The fourth-order valence-corrected chi connectivity index (χ4v) is 5.38. The number of likely N-dealkylation sites (tertiary alicyclic amines) is 1. The van der Waals surface area contributed by atoms with Crippen molar-refractivity contribution in [3.8, 4) is 17.2 Å². The third-order valence-electron chi connectivity index (χ3n) is 7.66. The number of aromatic amines is 1. The molecule has 3 N–H and O–H groups in total. The summed E-state index contributed by atoms with van der Waals surface area (Å²) in [5, 5.41) is 7.60. The number of hydrogen-bond acceptors (Lipinski definition) is 9. The van der Waals surface area contributed by atoms with Gasteiger partial charge < -0.3 is 39.6 Å². The van der Waals surface area contributed by atoms with Gasteiger partial charge in [-0.2, -0.15) is 9.97 Å². The van der Waals surface area contributed by atoms with Crippen molar-refractivity contribution in [1.82, 2.24) is 24.8 Å². The van der Waals surface area contributed by atoms with Crippen LogP contribution < -0.4 is 24.8 Å². The van der Waals surface area contributed by atoms with Gasteiger partial charge in [0.1, 0.15) is 28.7 Å². The van der Waals surface area contributed by atoms with E-state index in [1.807, 2.05) is 54.7 Å². The third kappa shape index (κ3) is 7.01. The molecule has 4 aromatic rings. The second-order valence-corrected chi connectivity index (χ2v) is 10.3. The molecule has 0 bridgehead atoms. The highest BCUT2D eigenvalue weighted by atomic mass is 16.5. The van der Waals surface area contributed by atoms with E-state index in [2.05, 4.69) is 44.4 Å². The predicted octanol–water partition coefficient (Wildman–Crippen LogP) is 5.65. The van der Waals surface area contributed by atoms with Crippen molar-refractivity contribution in [2.75, 3.05) is 64.7 Å². The summed E-state index contributed by atoms with van der Waals surface area (Å²) in [5.74, 6) is 3.24. The quantitative estimate of drug-likeness (QED) is 0.180. The zero-order chi connectivity index (χ0) is 28.6. The van der Waals surface area contributed by atoms with Crippen molar-refractivity contribution in [2.45, 2.75) is 32.2 Å². The molecular weight excluding hydrogens is 518 g/mol. The number of methoxy groups -OCH3 is 2. The average molecular weight is 560 g/mol. The van der Waals surface area contributed by atoms with Gasteiger partial charge in [-0.05, 0) is 76.3 Å². The molecule has 2 aromatic carbocycles. The Kier molecular flexibility index (Phi) is 9.43. The van der Waals surface area contributed by atoms with E-state index >= 15 is 0 Å². The molecule has 0 atom stereocenters. The highest BCUT2D eigenvalue weighted by molar-refractivity contribution is 5.91. The smallest absolute Gasteiger partial charge is 0.231 e. The van der Waals surface area contributed by atoms with E-state index < -0.39 is 0 Å². The number of nitrogens with zero attached hydrogens (tertiary/aromatic N) is 4. The number of benzene rings is 2. The van der Waals surface area contributed by atoms with Crippen LogP contribution in [0.4, 0.5) is 23.1 Å². The number of anilines is 4. The molecule has 41 heavy (non-hydrogen) atoms. The molecule has 0 spiro atoms. The lowest BCUT2D eigenvalue weighted by atomic mass is 10.0. The molecule has 1 aliphatic heterocycles. The summed E-state index contributed by atoms with van der Waals surface area (Å²) in [6, 6.07) is 16.1. The molecule has 0 amide bonds. The molecule has 3 heterocycles. The molecule has 0 saturated carbocycles. The molecule has 10 heteroatoms. The number of para-hydroxylation sites is 2.